The van der Waals surface area contributed by atoms with Crippen LogP contribution in [0.5, 0.6) is 0 Å². The van der Waals surface area contributed by atoms with Crippen molar-refractivity contribution in [2.45, 2.75) is 4.90 Å². The van der Waals surface area contributed by atoms with Gasteiger partial charge in [0.2, 0.25) is 0 Å². The van der Waals surface area contributed by atoms with E-state index < -0.39 is 10.0 Å². The van der Waals surface area contributed by atoms with Gasteiger partial charge in [0.05, 0.1) is 28.0 Å². The van der Waals surface area contributed by atoms with E-state index in [2.05, 4.69) is 4.72 Å². The van der Waals surface area contributed by atoms with Gasteiger partial charge in [0, 0.05) is 5.02 Å². The Morgan fingerprint density at radius 1 is 1.19 bits per heavy atom. The molecule has 0 unspecified atom stereocenters. The number of benzene rings is 2. The Morgan fingerprint density at radius 3 is 2.52 bits per heavy atom. The van der Waals surface area contributed by atoms with Gasteiger partial charge in [-0.2, -0.15) is 5.26 Å². The standard InChI is InChI=1S/C13H9Cl2N3O2S/c14-9-5-11(15)13(12(17)6-9)21(19,20)18-10-3-1-2-8(4-10)7-16/h1-6,18H,17H2. The summed E-state index contributed by atoms with van der Waals surface area (Å²) in [6.45, 7) is 0. The van der Waals surface area contributed by atoms with Crippen molar-refractivity contribution in [1.82, 2.24) is 0 Å². The Hall–Kier alpha value is -1.94. The van der Waals surface area contributed by atoms with Gasteiger partial charge in [-0.3, -0.25) is 4.72 Å². The van der Waals surface area contributed by atoms with Gasteiger partial charge in [0.15, 0.2) is 0 Å². The smallest absolute Gasteiger partial charge is 0.265 e. The molecule has 3 N–H and O–H groups in total. The molecule has 0 aliphatic heterocycles. The van der Waals surface area contributed by atoms with Crippen molar-refractivity contribution in [3.63, 3.8) is 0 Å². The van der Waals surface area contributed by atoms with Crippen molar-refractivity contribution in [2.24, 2.45) is 0 Å². The first kappa shape index (κ1) is 15.4. The number of nitrogens with one attached hydrogen (secondary N) is 1. The Morgan fingerprint density at radius 2 is 1.90 bits per heavy atom. The molecular weight excluding hydrogens is 333 g/mol. The molecular formula is C13H9Cl2N3O2S. The molecule has 8 heteroatoms. The molecule has 0 aliphatic carbocycles. The summed E-state index contributed by atoms with van der Waals surface area (Å²) in [6.07, 6.45) is 0. The van der Waals surface area contributed by atoms with Crippen LogP contribution < -0.4 is 10.5 Å². The molecule has 0 aliphatic rings. The predicted molar refractivity (Wildman–Crippen MR) is 82.8 cm³/mol. The van der Waals surface area contributed by atoms with Crippen LogP contribution in [0.2, 0.25) is 10.0 Å². The molecule has 0 radical (unpaired) electrons. The van der Waals surface area contributed by atoms with Crippen LogP contribution in [0, 0.1) is 11.3 Å². The lowest BCUT2D eigenvalue weighted by Gasteiger charge is -2.12. The first-order valence-electron chi connectivity index (χ1n) is 5.61. The summed E-state index contributed by atoms with van der Waals surface area (Å²) in [7, 11) is -3.99. The van der Waals surface area contributed by atoms with Crippen molar-refractivity contribution in [3.05, 3.63) is 52.0 Å². The molecule has 0 fully saturated rings. The van der Waals surface area contributed by atoms with Gasteiger partial charge in [0.25, 0.3) is 10.0 Å². The molecule has 2 rings (SSSR count). The number of nitrogen functional groups attached to an aromatic ring is 1. The maximum Gasteiger partial charge on any atom is 0.265 e. The molecule has 21 heavy (non-hydrogen) atoms. The highest BCUT2D eigenvalue weighted by Gasteiger charge is 2.22. The number of hydrogen-bond donors (Lipinski definition) is 2. The maximum atomic E-state index is 12.4. The third-order valence-corrected chi connectivity index (χ3v) is 4.68. The second kappa shape index (κ2) is 5.82. The van der Waals surface area contributed by atoms with E-state index >= 15 is 0 Å². The summed E-state index contributed by atoms with van der Waals surface area (Å²) in [5.74, 6) is 0. The van der Waals surface area contributed by atoms with Gasteiger partial charge in [-0.15, -0.1) is 0 Å². The molecule has 108 valence electrons. The van der Waals surface area contributed by atoms with E-state index in [-0.39, 0.29) is 26.3 Å². The van der Waals surface area contributed by atoms with Gasteiger partial charge >= 0.3 is 0 Å². The summed E-state index contributed by atoms with van der Waals surface area (Å²) in [4.78, 5) is -0.254. The van der Waals surface area contributed by atoms with Crippen LogP contribution >= 0.6 is 23.2 Å². The lowest BCUT2D eigenvalue weighted by molar-refractivity contribution is 0.601. The molecule has 0 saturated carbocycles. The number of halogens is 2. The first-order chi connectivity index (χ1) is 9.83. The van der Waals surface area contributed by atoms with Crippen LogP contribution in [0.25, 0.3) is 0 Å². The Kier molecular flexibility index (Phi) is 4.28. The van der Waals surface area contributed by atoms with E-state index in [4.69, 9.17) is 34.2 Å². The third kappa shape index (κ3) is 3.39. The largest absolute Gasteiger partial charge is 0.398 e. The quantitative estimate of drug-likeness (QED) is 0.837. The molecule has 2 aromatic carbocycles. The molecule has 0 heterocycles. The highest BCUT2D eigenvalue weighted by molar-refractivity contribution is 7.93. The van der Waals surface area contributed by atoms with Gasteiger partial charge in [-0.25, -0.2) is 8.42 Å². The summed E-state index contributed by atoms with van der Waals surface area (Å²) in [5, 5.41) is 8.97. The first-order valence-corrected chi connectivity index (χ1v) is 7.85. The number of nitriles is 1. The molecule has 0 amide bonds. The highest BCUT2D eigenvalue weighted by atomic mass is 35.5. The average Bonchev–Trinajstić information content (AvgIpc) is 2.36. The number of sulfonamides is 1. The molecule has 0 bridgehead atoms. The summed E-state index contributed by atoms with van der Waals surface area (Å²) in [6, 6.07) is 10.5. The predicted octanol–water partition coefficient (Wildman–Crippen LogP) is 3.25. The summed E-state index contributed by atoms with van der Waals surface area (Å²) < 4.78 is 27.0. The van der Waals surface area contributed by atoms with Crippen LogP contribution in [0.1, 0.15) is 5.56 Å². The normalized spacial score (nSPS) is 10.9. The van der Waals surface area contributed by atoms with E-state index in [1.165, 1.54) is 24.3 Å². The molecule has 2 aromatic rings. The Balaban J connectivity index is 2.46. The van der Waals surface area contributed by atoms with Gasteiger partial charge in [-0.1, -0.05) is 29.3 Å². The summed E-state index contributed by atoms with van der Waals surface area (Å²) in [5.41, 5.74) is 6.18. The van der Waals surface area contributed by atoms with E-state index in [1.54, 1.807) is 12.1 Å². The number of rotatable bonds is 3. The van der Waals surface area contributed by atoms with E-state index in [0.717, 1.165) is 0 Å². The van der Waals surface area contributed by atoms with Crippen LogP contribution in [0.15, 0.2) is 41.3 Å². The lowest BCUT2D eigenvalue weighted by Crippen LogP contribution is -2.15. The van der Waals surface area contributed by atoms with Crippen molar-refractivity contribution in [3.8, 4) is 6.07 Å². The van der Waals surface area contributed by atoms with Gasteiger partial charge in [0.1, 0.15) is 4.90 Å². The zero-order chi connectivity index (χ0) is 15.6. The van der Waals surface area contributed by atoms with E-state index in [1.807, 2.05) is 6.07 Å². The number of nitrogens with zero attached hydrogens (tertiary/aromatic N) is 1. The van der Waals surface area contributed by atoms with Gasteiger partial charge < -0.3 is 5.73 Å². The molecule has 0 spiro atoms. The van der Waals surface area contributed by atoms with Crippen molar-refractivity contribution in [1.29, 1.82) is 5.26 Å². The minimum absolute atomic E-state index is 0.0589. The number of hydrogen-bond acceptors (Lipinski definition) is 4. The topological polar surface area (TPSA) is 96.0 Å². The second-order valence-electron chi connectivity index (χ2n) is 4.10. The maximum absolute atomic E-state index is 12.4. The molecule has 0 saturated heterocycles. The molecule has 0 atom stereocenters. The molecule has 5 nitrogen and oxygen atoms in total. The molecule has 0 aromatic heterocycles. The van der Waals surface area contributed by atoms with Crippen molar-refractivity contribution in [2.75, 3.05) is 10.5 Å². The fourth-order valence-corrected chi connectivity index (χ4v) is 3.76. The number of anilines is 2. The summed E-state index contributed by atoms with van der Waals surface area (Å²) >= 11 is 11.7. The zero-order valence-corrected chi connectivity index (χ0v) is 12.8. The van der Waals surface area contributed by atoms with Crippen LogP contribution in [-0.2, 0) is 10.0 Å². The fourth-order valence-electron chi connectivity index (χ4n) is 1.72. The van der Waals surface area contributed by atoms with Crippen molar-refractivity contribution >= 4 is 44.6 Å². The Labute approximate surface area is 132 Å². The van der Waals surface area contributed by atoms with Crippen molar-refractivity contribution < 1.29 is 8.42 Å². The SMILES string of the molecule is N#Cc1cccc(NS(=O)(=O)c2c(N)cc(Cl)cc2Cl)c1. The van der Waals surface area contributed by atoms with Gasteiger partial charge in [-0.05, 0) is 30.3 Å². The lowest BCUT2D eigenvalue weighted by atomic mass is 10.2. The third-order valence-electron chi connectivity index (χ3n) is 2.55. The Bertz CT molecular complexity index is 822. The second-order valence-corrected chi connectivity index (χ2v) is 6.57. The minimum Gasteiger partial charge on any atom is -0.398 e. The van der Waals surface area contributed by atoms with E-state index in [0.29, 0.717) is 5.56 Å². The average molecular weight is 342 g/mol. The number of nitrogens with two attached hydrogens (primary N) is 1. The minimum atomic E-state index is -3.99. The zero-order valence-electron chi connectivity index (χ0n) is 10.5. The monoisotopic (exact) mass is 341 g/mol. The van der Waals surface area contributed by atoms with Crippen LogP contribution in [0.4, 0.5) is 11.4 Å². The van der Waals surface area contributed by atoms with Crippen LogP contribution in [0.3, 0.4) is 0 Å². The fraction of sp³-hybridized carbons (Fsp3) is 0. The van der Waals surface area contributed by atoms with E-state index in [9.17, 15) is 8.42 Å². The van der Waals surface area contributed by atoms with Crippen LogP contribution in [-0.4, -0.2) is 8.42 Å². The highest BCUT2D eigenvalue weighted by Crippen LogP contribution is 2.32.